The van der Waals surface area contributed by atoms with Crippen molar-refractivity contribution in [2.45, 2.75) is 37.9 Å². The number of anilines is 1. The number of rotatable bonds is 13. The van der Waals surface area contributed by atoms with Gasteiger partial charge < -0.3 is 15.4 Å². The van der Waals surface area contributed by atoms with E-state index in [1.165, 1.54) is 28.7 Å². The molecule has 198 valence electrons. The molecular weight excluding hydrogens is 520 g/mol. The number of benzene rings is 2. The minimum atomic E-state index is -0.205. The third-order valence-corrected chi connectivity index (χ3v) is 7.54. The summed E-state index contributed by atoms with van der Waals surface area (Å²) in [5, 5.41) is 8.09. The molecule has 2 amide bonds. The molecule has 8 nitrogen and oxygen atoms in total. The summed E-state index contributed by atoms with van der Waals surface area (Å²) in [5.41, 5.74) is 2.30. The van der Waals surface area contributed by atoms with Gasteiger partial charge in [-0.15, -0.1) is 11.3 Å². The van der Waals surface area contributed by atoms with Crippen LogP contribution in [0.25, 0.3) is 10.2 Å². The van der Waals surface area contributed by atoms with Crippen LogP contribution < -0.4 is 20.9 Å². The van der Waals surface area contributed by atoms with Crippen LogP contribution in [-0.2, 0) is 22.6 Å². The van der Waals surface area contributed by atoms with Gasteiger partial charge in [0.15, 0.2) is 5.16 Å². The summed E-state index contributed by atoms with van der Waals surface area (Å²) in [6.07, 6.45) is 1.55. The first-order valence-electron chi connectivity index (χ1n) is 12.5. The van der Waals surface area contributed by atoms with Crippen molar-refractivity contribution in [3.8, 4) is 5.75 Å². The number of nitrogens with zero attached hydrogens (tertiary/aromatic N) is 2. The van der Waals surface area contributed by atoms with Crippen molar-refractivity contribution < 1.29 is 14.3 Å². The molecule has 0 aliphatic carbocycles. The Hall–Kier alpha value is -3.63. The van der Waals surface area contributed by atoms with E-state index in [0.29, 0.717) is 53.6 Å². The first-order valence-corrected chi connectivity index (χ1v) is 14.3. The summed E-state index contributed by atoms with van der Waals surface area (Å²) in [4.78, 5) is 42.7. The fourth-order valence-electron chi connectivity index (χ4n) is 3.84. The van der Waals surface area contributed by atoms with Crippen LogP contribution in [0.15, 0.2) is 76.0 Å². The quantitative estimate of drug-likeness (QED) is 0.184. The molecule has 0 spiro atoms. The van der Waals surface area contributed by atoms with E-state index in [0.717, 1.165) is 12.2 Å². The zero-order chi connectivity index (χ0) is 26.7. The van der Waals surface area contributed by atoms with E-state index in [4.69, 9.17) is 4.74 Å². The van der Waals surface area contributed by atoms with E-state index < -0.39 is 0 Å². The first kappa shape index (κ1) is 27.4. The van der Waals surface area contributed by atoms with Gasteiger partial charge in [0, 0.05) is 25.2 Å². The smallest absolute Gasteiger partial charge is 0.272 e. The highest BCUT2D eigenvalue weighted by Crippen LogP contribution is 2.22. The summed E-state index contributed by atoms with van der Waals surface area (Å²) >= 11 is 2.55. The molecule has 0 radical (unpaired) electrons. The van der Waals surface area contributed by atoms with Crippen LogP contribution in [0.4, 0.5) is 5.69 Å². The van der Waals surface area contributed by atoms with Crippen LogP contribution >= 0.6 is 23.1 Å². The molecule has 4 aromatic rings. The Morgan fingerprint density at radius 3 is 2.61 bits per heavy atom. The highest BCUT2D eigenvalue weighted by Gasteiger charge is 2.15. The third kappa shape index (κ3) is 7.69. The Kier molecular flexibility index (Phi) is 9.94. The largest absolute Gasteiger partial charge is 0.494 e. The molecule has 0 saturated carbocycles. The topological polar surface area (TPSA) is 102 Å². The number of aromatic nitrogens is 2. The molecular formula is C28H30N4O4S2. The lowest BCUT2D eigenvalue weighted by Gasteiger charge is -2.12. The summed E-state index contributed by atoms with van der Waals surface area (Å²) < 4.78 is 7.57. The normalized spacial score (nSPS) is 10.9. The van der Waals surface area contributed by atoms with E-state index in [1.54, 1.807) is 34.9 Å². The predicted octanol–water partition coefficient (Wildman–Crippen LogP) is 4.73. The lowest BCUT2D eigenvalue weighted by atomic mass is 10.1. The number of thiophene rings is 1. The number of carbonyl (C=O) groups is 2. The summed E-state index contributed by atoms with van der Waals surface area (Å²) in [6, 6.07) is 19.0. The third-order valence-electron chi connectivity index (χ3n) is 5.68. The van der Waals surface area contributed by atoms with Gasteiger partial charge in [-0.25, -0.2) is 4.98 Å². The highest BCUT2D eigenvalue weighted by molar-refractivity contribution is 7.99. The first-order chi connectivity index (χ1) is 18.5. The van der Waals surface area contributed by atoms with Gasteiger partial charge in [0.25, 0.3) is 5.56 Å². The standard InChI is InChI=1S/C28H30N4O4S2/c1-2-36-22-12-10-21(11-13-22)30-25(34)19-38-28-31-23-15-18-37-26(23)27(35)32(28)17-6-9-24(33)29-16-14-20-7-4-3-5-8-20/h3-5,7-8,10-13,15,18H,2,6,9,14,16-17,19H2,1H3,(H,29,33)(H,30,34). The molecule has 2 aromatic carbocycles. The van der Waals surface area contributed by atoms with Crippen molar-refractivity contribution in [2.75, 3.05) is 24.2 Å². The fraction of sp³-hybridized carbons (Fsp3) is 0.286. The zero-order valence-electron chi connectivity index (χ0n) is 21.1. The number of carbonyl (C=O) groups excluding carboxylic acids is 2. The van der Waals surface area contributed by atoms with E-state index in [2.05, 4.69) is 15.6 Å². The molecule has 0 fully saturated rings. The van der Waals surface area contributed by atoms with Crippen molar-refractivity contribution in [3.63, 3.8) is 0 Å². The summed E-state index contributed by atoms with van der Waals surface area (Å²) in [7, 11) is 0. The number of ether oxygens (including phenoxy) is 1. The molecule has 0 aliphatic heterocycles. The SMILES string of the molecule is CCOc1ccc(NC(=O)CSc2nc3ccsc3c(=O)n2CCCC(=O)NCCc2ccccc2)cc1. The number of thioether (sulfide) groups is 1. The molecule has 2 aromatic heterocycles. The van der Waals surface area contributed by atoms with Gasteiger partial charge in [-0.1, -0.05) is 42.1 Å². The van der Waals surface area contributed by atoms with Gasteiger partial charge >= 0.3 is 0 Å². The monoisotopic (exact) mass is 550 g/mol. The van der Waals surface area contributed by atoms with Gasteiger partial charge in [0.1, 0.15) is 10.4 Å². The lowest BCUT2D eigenvalue weighted by molar-refractivity contribution is -0.121. The van der Waals surface area contributed by atoms with Crippen molar-refractivity contribution >= 4 is 50.8 Å². The average Bonchev–Trinajstić information content (AvgIpc) is 3.40. The second-order valence-corrected chi connectivity index (χ2v) is 10.3. The molecule has 0 bridgehead atoms. The Bertz CT molecular complexity index is 1420. The highest BCUT2D eigenvalue weighted by atomic mass is 32.2. The van der Waals surface area contributed by atoms with E-state index in [1.807, 2.05) is 42.6 Å². The Morgan fingerprint density at radius 1 is 1.05 bits per heavy atom. The Balaban J connectivity index is 1.33. The lowest BCUT2D eigenvalue weighted by Crippen LogP contribution is -2.27. The van der Waals surface area contributed by atoms with Crippen LogP contribution in [-0.4, -0.2) is 40.3 Å². The van der Waals surface area contributed by atoms with E-state index in [9.17, 15) is 14.4 Å². The van der Waals surface area contributed by atoms with Crippen LogP contribution in [0.3, 0.4) is 0 Å². The molecule has 0 unspecified atom stereocenters. The maximum absolute atomic E-state index is 13.1. The van der Waals surface area contributed by atoms with Crippen LogP contribution in [0, 0.1) is 0 Å². The van der Waals surface area contributed by atoms with Crippen molar-refractivity contribution in [1.29, 1.82) is 0 Å². The Labute approximate surface area is 229 Å². The van der Waals surface area contributed by atoms with Gasteiger partial charge in [-0.2, -0.15) is 0 Å². The van der Waals surface area contributed by atoms with E-state index in [-0.39, 0.29) is 23.1 Å². The molecule has 0 saturated heterocycles. The maximum Gasteiger partial charge on any atom is 0.272 e. The van der Waals surface area contributed by atoms with Crippen molar-refractivity contribution in [1.82, 2.24) is 14.9 Å². The van der Waals surface area contributed by atoms with Crippen molar-refractivity contribution in [2.24, 2.45) is 0 Å². The summed E-state index contributed by atoms with van der Waals surface area (Å²) in [5.74, 6) is 0.572. The molecule has 0 aliphatic rings. The van der Waals surface area contributed by atoms with E-state index >= 15 is 0 Å². The summed E-state index contributed by atoms with van der Waals surface area (Å²) in [6.45, 7) is 3.39. The van der Waals surface area contributed by atoms with Crippen LogP contribution in [0.1, 0.15) is 25.3 Å². The number of hydrogen-bond acceptors (Lipinski definition) is 7. The second-order valence-electron chi connectivity index (χ2n) is 8.47. The molecule has 10 heteroatoms. The molecule has 2 heterocycles. The number of nitrogens with one attached hydrogen (secondary N) is 2. The van der Waals surface area contributed by atoms with Crippen molar-refractivity contribution in [3.05, 3.63) is 82.0 Å². The molecule has 4 rings (SSSR count). The van der Waals surface area contributed by atoms with Gasteiger partial charge in [0.05, 0.1) is 17.9 Å². The maximum atomic E-state index is 13.1. The zero-order valence-corrected chi connectivity index (χ0v) is 22.8. The minimum Gasteiger partial charge on any atom is -0.494 e. The predicted molar refractivity (Wildman–Crippen MR) is 153 cm³/mol. The number of hydrogen-bond donors (Lipinski definition) is 2. The molecule has 2 N–H and O–H groups in total. The van der Waals surface area contributed by atoms with Gasteiger partial charge in [0.2, 0.25) is 11.8 Å². The van der Waals surface area contributed by atoms with Crippen LogP contribution in [0.5, 0.6) is 5.75 Å². The molecule has 0 atom stereocenters. The number of amides is 2. The average molecular weight is 551 g/mol. The second kappa shape index (κ2) is 13.8. The fourth-order valence-corrected chi connectivity index (χ4v) is 5.44. The molecule has 38 heavy (non-hydrogen) atoms. The van der Waals surface area contributed by atoms with Gasteiger partial charge in [-0.3, -0.25) is 19.0 Å². The minimum absolute atomic E-state index is 0.0527. The van der Waals surface area contributed by atoms with Crippen LogP contribution in [0.2, 0.25) is 0 Å². The number of fused-ring (bicyclic) bond motifs is 1. The Morgan fingerprint density at radius 2 is 1.84 bits per heavy atom. The van der Waals surface area contributed by atoms with Gasteiger partial charge in [-0.05, 0) is 61.0 Å².